The van der Waals surface area contributed by atoms with Crippen LogP contribution >= 0.6 is 0 Å². The summed E-state index contributed by atoms with van der Waals surface area (Å²) < 4.78 is 66.9. The lowest BCUT2D eigenvalue weighted by Crippen LogP contribution is -2.30. The Balaban J connectivity index is 1.42. The minimum atomic E-state index is -4.59. The summed E-state index contributed by atoms with van der Waals surface area (Å²) in [6.07, 6.45) is -1.81. The van der Waals surface area contributed by atoms with Crippen molar-refractivity contribution in [1.82, 2.24) is 19.4 Å². The Hall–Kier alpha value is -2.23. The minimum absolute atomic E-state index is 0.185. The highest BCUT2D eigenvalue weighted by atomic mass is 19.4. The maximum Gasteiger partial charge on any atom is 0.419 e. The fraction of sp³-hybridized carbons (Fsp3) is 0.579. The number of likely N-dealkylation sites (tertiary alicyclic amines) is 1. The zero-order valence-corrected chi connectivity index (χ0v) is 15.4. The number of alkyl halides is 5. The molecule has 29 heavy (non-hydrogen) atoms. The summed E-state index contributed by atoms with van der Waals surface area (Å²) in [4.78, 5) is 10.1. The molecule has 156 valence electrons. The van der Waals surface area contributed by atoms with E-state index in [9.17, 15) is 22.0 Å². The predicted octanol–water partition coefficient (Wildman–Crippen LogP) is 3.79. The minimum Gasteiger partial charge on any atom is -0.383 e. The molecular weight excluding hydrogens is 393 g/mol. The van der Waals surface area contributed by atoms with E-state index in [1.807, 2.05) is 0 Å². The number of nitrogens with zero attached hydrogens (tertiary/aromatic N) is 4. The van der Waals surface area contributed by atoms with Gasteiger partial charge in [0.2, 0.25) is 0 Å². The van der Waals surface area contributed by atoms with Gasteiger partial charge in [-0.1, -0.05) is 0 Å². The average Bonchev–Trinajstić information content (AvgIpc) is 3.50. The molecular formula is C19H20F5N5. The summed E-state index contributed by atoms with van der Waals surface area (Å²) in [6.45, 7) is 1.04. The number of fused-ring (bicyclic) bond motifs is 1. The Morgan fingerprint density at radius 1 is 1.17 bits per heavy atom. The molecule has 5 rings (SSSR count). The van der Waals surface area contributed by atoms with Gasteiger partial charge in [-0.3, -0.25) is 4.90 Å². The van der Waals surface area contributed by atoms with Crippen molar-refractivity contribution < 1.29 is 22.0 Å². The number of nitrogens with two attached hydrogens (primary N) is 1. The first-order valence-electron chi connectivity index (χ1n) is 9.64. The standard InChI is InChI=1S/C19H20F5N5/c20-15(21)8-28-5-11-12(6-28)16(11)29-7-14(27-18(29)9-1-2-9)10-3-13(19(22,23)24)17(25)26-4-10/h3-4,7,9,11-12,15-16H,1-2,5-6,8H2,(H2,25,26)/t11-,12+,16-. The number of hydrogen-bond donors (Lipinski definition) is 1. The van der Waals surface area contributed by atoms with Gasteiger partial charge in [0.15, 0.2) is 0 Å². The van der Waals surface area contributed by atoms with Gasteiger partial charge in [0.05, 0.1) is 17.8 Å². The van der Waals surface area contributed by atoms with Gasteiger partial charge < -0.3 is 10.3 Å². The Morgan fingerprint density at radius 2 is 1.86 bits per heavy atom. The lowest BCUT2D eigenvalue weighted by molar-refractivity contribution is -0.137. The molecule has 3 heterocycles. The number of halogens is 5. The highest BCUT2D eigenvalue weighted by Gasteiger charge is 2.57. The lowest BCUT2D eigenvalue weighted by atomic mass is 10.1. The molecule has 0 radical (unpaired) electrons. The van der Waals surface area contributed by atoms with E-state index in [1.54, 1.807) is 11.1 Å². The molecule has 2 N–H and O–H groups in total. The third-order valence-corrected chi connectivity index (χ3v) is 6.16. The first-order valence-corrected chi connectivity index (χ1v) is 9.64. The Kier molecular flexibility index (Phi) is 4.13. The molecule has 3 fully saturated rings. The van der Waals surface area contributed by atoms with Crippen LogP contribution in [0.2, 0.25) is 0 Å². The molecule has 0 amide bonds. The zero-order valence-electron chi connectivity index (χ0n) is 15.4. The predicted molar refractivity (Wildman–Crippen MR) is 95.3 cm³/mol. The molecule has 0 spiro atoms. The van der Waals surface area contributed by atoms with Gasteiger partial charge in [-0.25, -0.2) is 18.7 Å². The number of piperidine rings is 1. The Bertz CT molecular complexity index is 924. The molecule has 2 aromatic rings. The van der Waals surface area contributed by atoms with E-state index in [0.717, 1.165) is 24.7 Å². The SMILES string of the molecule is Nc1ncc(-c2cn([C@@H]3[C@@H]4CN(CC(F)F)C[C@@H]43)c(C3CC3)n2)cc1C(F)(F)F. The number of aromatic nitrogens is 3. The van der Waals surface area contributed by atoms with Crippen molar-refractivity contribution in [3.63, 3.8) is 0 Å². The van der Waals surface area contributed by atoms with E-state index in [0.29, 0.717) is 36.5 Å². The monoisotopic (exact) mass is 413 g/mol. The van der Waals surface area contributed by atoms with Crippen molar-refractivity contribution in [2.24, 2.45) is 11.8 Å². The van der Waals surface area contributed by atoms with Gasteiger partial charge in [0.1, 0.15) is 11.6 Å². The molecule has 3 atom stereocenters. The number of rotatable bonds is 5. The summed E-state index contributed by atoms with van der Waals surface area (Å²) in [7, 11) is 0. The van der Waals surface area contributed by atoms with Crippen LogP contribution in [0.3, 0.4) is 0 Å². The first-order chi connectivity index (χ1) is 13.7. The second-order valence-electron chi connectivity index (χ2n) is 8.25. The van der Waals surface area contributed by atoms with E-state index in [-0.39, 0.29) is 18.2 Å². The molecule has 3 aliphatic rings. The van der Waals surface area contributed by atoms with Crippen LogP contribution in [-0.4, -0.2) is 45.5 Å². The highest BCUT2D eigenvalue weighted by molar-refractivity contribution is 5.62. The van der Waals surface area contributed by atoms with Gasteiger partial charge in [-0.15, -0.1) is 0 Å². The molecule has 0 aromatic carbocycles. The summed E-state index contributed by atoms with van der Waals surface area (Å²) in [6, 6.07) is 1.17. The largest absolute Gasteiger partial charge is 0.419 e. The third-order valence-electron chi connectivity index (χ3n) is 6.16. The van der Waals surface area contributed by atoms with E-state index in [1.165, 1.54) is 6.20 Å². The van der Waals surface area contributed by atoms with Crippen LogP contribution in [-0.2, 0) is 6.18 Å². The quantitative estimate of drug-likeness (QED) is 0.758. The molecule has 0 unspecified atom stereocenters. The van der Waals surface area contributed by atoms with Crippen LogP contribution in [0.25, 0.3) is 11.3 Å². The van der Waals surface area contributed by atoms with Crippen molar-refractivity contribution >= 4 is 5.82 Å². The van der Waals surface area contributed by atoms with Crippen LogP contribution in [0.4, 0.5) is 27.8 Å². The average molecular weight is 413 g/mol. The number of hydrogen-bond acceptors (Lipinski definition) is 4. The molecule has 2 saturated carbocycles. The summed E-state index contributed by atoms with van der Waals surface area (Å²) in [5, 5.41) is 0. The number of anilines is 1. The van der Waals surface area contributed by atoms with Crippen LogP contribution in [0, 0.1) is 11.8 Å². The van der Waals surface area contributed by atoms with Crippen molar-refractivity contribution in [2.45, 2.75) is 37.4 Å². The van der Waals surface area contributed by atoms with Crippen LogP contribution in [0.1, 0.15) is 36.2 Å². The molecule has 2 aromatic heterocycles. The summed E-state index contributed by atoms with van der Waals surface area (Å²) in [5.41, 5.74) is 5.15. The van der Waals surface area contributed by atoms with E-state index < -0.39 is 24.0 Å². The zero-order chi connectivity index (χ0) is 20.5. The van der Waals surface area contributed by atoms with E-state index >= 15 is 0 Å². The van der Waals surface area contributed by atoms with Crippen LogP contribution in [0.5, 0.6) is 0 Å². The Labute approximate surface area is 163 Å². The second-order valence-corrected chi connectivity index (χ2v) is 8.25. The van der Waals surface area contributed by atoms with Gasteiger partial charge in [-0.2, -0.15) is 13.2 Å². The normalized spacial score (nSPS) is 26.9. The second kappa shape index (κ2) is 6.38. The van der Waals surface area contributed by atoms with E-state index in [2.05, 4.69) is 14.5 Å². The van der Waals surface area contributed by atoms with Crippen molar-refractivity contribution in [2.75, 3.05) is 25.4 Å². The molecule has 5 nitrogen and oxygen atoms in total. The van der Waals surface area contributed by atoms with Crippen molar-refractivity contribution in [3.8, 4) is 11.3 Å². The fourth-order valence-corrected chi connectivity index (χ4v) is 4.61. The molecule has 10 heteroatoms. The smallest absolute Gasteiger partial charge is 0.383 e. The molecule has 1 saturated heterocycles. The Morgan fingerprint density at radius 3 is 2.45 bits per heavy atom. The van der Waals surface area contributed by atoms with Crippen molar-refractivity contribution in [3.05, 3.63) is 29.8 Å². The lowest BCUT2D eigenvalue weighted by Gasteiger charge is -2.19. The summed E-state index contributed by atoms with van der Waals surface area (Å²) in [5.74, 6) is 1.22. The van der Waals surface area contributed by atoms with Crippen LogP contribution in [0.15, 0.2) is 18.5 Å². The number of pyridine rings is 1. The maximum absolute atomic E-state index is 13.2. The molecule has 2 aliphatic carbocycles. The third kappa shape index (κ3) is 3.37. The van der Waals surface area contributed by atoms with Gasteiger partial charge in [0.25, 0.3) is 6.43 Å². The van der Waals surface area contributed by atoms with Gasteiger partial charge in [0, 0.05) is 43.0 Å². The van der Waals surface area contributed by atoms with Gasteiger partial charge in [-0.05, 0) is 30.7 Å². The van der Waals surface area contributed by atoms with Crippen LogP contribution < -0.4 is 5.73 Å². The highest BCUT2D eigenvalue weighted by Crippen LogP contribution is 2.57. The topological polar surface area (TPSA) is 60.0 Å². The number of imidazole rings is 1. The molecule has 1 aliphatic heterocycles. The maximum atomic E-state index is 13.2. The van der Waals surface area contributed by atoms with Gasteiger partial charge >= 0.3 is 6.18 Å². The molecule has 0 bridgehead atoms. The van der Waals surface area contributed by atoms with Crippen molar-refractivity contribution in [1.29, 1.82) is 0 Å². The fourth-order valence-electron chi connectivity index (χ4n) is 4.61. The first kappa shape index (κ1) is 18.8. The number of nitrogen functional groups attached to an aromatic ring is 1. The summed E-state index contributed by atoms with van der Waals surface area (Å²) >= 11 is 0. The van der Waals surface area contributed by atoms with E-state index in [4.69, 9.17) is 5.73 Å².